The van der Waals surface area contributed by atoms with Gasteiger partial charge in [0.1, 0.15) is 11.2 Å². The minimum absolute atomic E-state index is 0.231. The van der Waals surface area contributed by atoms with Crippen molar-refractivity contribution < 1.29 is 0 Å². The second-order valence-corrected chi connectivity index (χ2v) is 3.56. The van der Waals surface area contributed by atoms with Crippen LogP contribution in [0.3, 0.4) is 0 Å². The van der Waals surface area contributed by atoms with Gasteiger partial charge in [0, 0.05) is 13.2 Å². The molecule has 3 heterocycles. The predicted molar refractivity (Wildman–Crippen MR) is 59.5 cm³/mol. The largest absolute Gasteiger partial charge is 0.331 e. The molecule has 0 spiro atoms. The zero-order chi connectivity index (χ0) is 12.0. The number of H-pyrrole nitrogens is 3. The van der Waals surface area contributed by atoms with Gasteiger partial charge >= 0.3 is 5.69 Å². The summed E-state index contributed by atoms with van der Waals surface area (Å²) in [4.78, 5) is 34.2. The molecule has 0 aromatic carbocycles. The van der Waals surface area contributed by atoms with Crippen LogP contribution in [-0.2, 0) is 7.05 Å². The summed E-state index contributed by atoms with van der Waals surface area (Å²) in [5.41, 5.74) is 0.118. The van der Waals surface area contributed by atoms with E-state index < -0.39 is 11.2 Å². The Hall–Kier alpha value is -2.64. The zero-order valence-electron chi connectivity index (χ0n) is 8.81. The van der Waals surface area contributed by atoms with E-state index >= 15 is 0 Å². The van der Waals surface area contributed by atoms with E-state index in [0.717, 1.165) is 5.69 Å². The molecular formula is C9H8N6O2. The first kappa shape index (κ1) is 9.58. The first-order valence-electron chi connectivity index (χ1n) is 4.86. The van der Waals surface area contributed by atoms with Crippen molar-refractivity contribution in [3.05, 3.63) is 33.1 Å². The van der Waals surface area contributed by atoms with Crippen molar-refractivity contribution >= 4 is 11.2 Å². The van der Waals surface area contributed by atoms with Crippen molar-refractivity contribution in [1.29, 1.82) is 0 Å². The molecule has 0 saturated carbocycles. The molecule has 0 unspecified atom stereocenters. The van der Waals surface area contributed by atoms with Crippen LogP contribution < -0.4 is 11.2 Å². The molecule has 3 rings (SSSR count). The maximum absolute atomic E-state index is 11.5. The Labute approximate surface area is 93.3 Å². The molecule has 0 aliphatic rings. The Morgan fingerprint density at radius 1 is 1.24 bits per heavy atom. The van der Waals surface area contributed by atoms with Gasteiger partial charge in [-0.05, 0) is 6.07 Å². The number of aryl methyl sites for hydroxylation is 1. The number of rotatable bonds is 1. The highest BCUT2D eigenvalue weighted by atomic mass is 16.2. The van der Waals surface area contributed by atoms with Crippen LogP contribution in [0.2, 0.25) is 0 Å². The molecule has 0 radical (unpaired) electrons. The van der Waals surface area contributed by atoms with Crippen molar-refractivity contribution in [3.8, 4) is 11.5 Å². The van der Waals surface area contributed by atoms with Crippen molar-refractivity contribution in [2.24, 2.45) is 7.05 Å². The van der Waals surface area contributed by atoms with Crippen molar-refractivity contribution in [2.45, 2.75) is 0 Å². The molecular weight excluding hydrogens is 224 g/mol. The third kappa shape index (κ3) is 1.38. The number of aromatic amines is 3. The van der Waals surface area contributed by atoms with Crippen LogP contribution >= 0.6 is 0 Å². The normalized spacial score (nSPS) is 11.1. The molecule has 86 valence electrons. The molecule has 0 aliphatic carbocycles. The number of nitrogens with zero attached hydrogens (tertiary/aromatic N) is 3. The summed E-state index contributed by atoms with van der Waals surface area (Å²) in [6.07, 6.45) is 1.62. The summed E-state index contributed by atoms with van der Waals surface area (Å²) in [6, 6.07) is 1.75. The molecule has 8 nitrogen and oxygen atoms in total. The quantitative estimate of drug-likeness (QED) is 0.517. The van der Waals surface area contributed by atoms with Gasteiger partial charge in [-0.3, -0.25) is 19.4 Å². The lowest BCUT2D eigenvalue weighted by Crippen LogP contribution is -2.21. The average Bonchev–Trinajstić information content (AvgIpc) is 2.83. The first-order chi connectivity index (χ1) is 8.15. The third-order valence-electron chi connectivity index (χ3n) is 2.45. The van der Waals surface area contributed by atoms with Crippen LogP contribution in [0, 0.1) is 0 Å². The maximum atomic E-state index is 11.5. The highest BCUT2D eigenvalue weighted by molar-refractivity contribution is 5.73. The monoisotopic (exact) mass is 232 g/mol. The van der Waals surface area contributed by atoms with Crippen LogP contribution in [0.15, 0.2) is 21.9 Å². The fourth-order valence-corrected chi connectivity index (χ4v) is 1.66. The molecule has 0 bridgehead atoms. The number of hydrogen-bond acceptors (Lipinski definition) is 4. The average molecular weight is 232 g/mol. The standard InChI is InChI=1S/C9H8N6O2/c1-15-4(2-3-10-15)6-11-5-7(12-6)13-9(17)14-8(5)16/h2-3H,1H3,(H3,11,12,13,14,16,17). The number of fused-ring (bicyclic) bond motifs is 1. The van der Waals surface area contributed by atoms with Gasteiger partial charge in [0.25, 0.3) is 5.56 Å². The molecule has 8 heteroatoms. The van der Waals surface area contributed by atoms with Gasteiger partial charge in [0.2, 0.25) is 0 Å². The van der Waals surface area contributed by atoms with Gasteiger partial charge < -0.3 is 4.98 Å². The minimum atomic E-state index is -0.578. The molecule has 3 N–H and O–H groups in total. The highest BCUT2D eigenvalue weighted by Gasteiger charge is 2.11. The molecule has 0 saturated heterocycles. The van der Waals surface area contributed by atoms with Crippen LogP contribution in [0.4, 0.5) is 0 Å². The van der Waals surface area contributed by atoms with Gasteiger partial charge in [-0.2, -0.15) is 5.10 Å². The Morgan fingerprint density at radius 3 is 2.76 bits per heavy atom. The molecule has 0 amide bonds. The third-order valence-corrected chi connectivity index (χ3v) is 2.45. The Morgan fingerprint density at radius 2 is 2.06 bits per heavy atom. The lowest BCUT2D eigenvalue weighted by Gasteiger charge is -1.94. The summed E-state index contributed by atoms with van der Waals surface area (Å²) in [5.74, 6) is 0.479. The Balaban J connectivity index is 2.35. The zero-order valence-corrected chi connectivity index (χ0v) is 8.81. The van der Waals surface area contributed by atoms with Gasteiger partial charge in [-0.15, -0.1) is 0 Å². The number of nitrogens with one attached hydrogen (secondary N) is 3. The van der Waals surface area contributed by atoms with E-state index in [4.69, 9.17) is 0 Å². The second-order valence-electron chi connectivity index (χ2n) is 3.56. The van der Waals surface area contributed by atoms with Crippen LogP contribution in [-0.4, -0.2) is 29.7 Å². The van der Waals surface area contributed by atoms with Gasteiger partial charge in [0.05, 0.1) is 0 Å². The first-order valence-corrected chi connectivity index (χ1v) is 4.86. The molecule has 0 atom stereocenters. The smallest absolute Gasteiger partial charge is 0.327 e. The second kappa shape index (κ2) is 3.17. The maximum Gasteiger partial charge on any atom is 0.327 e. The highest BCUT2D eigenvalue weighted by Crippen LogP contribution is 2.15. The summed E-state index contributed by atoms with van der Waals surface area (Å²) in [5, 5.41) is 4.00. The fourth-order valence-electron chi connectivity index (χ4n) is 1.66. The Bertz CT molecular complexity index is 805. The predicted octanol–water partition coefficient (Wildman–Crippen LogP) is -0.660. The summed E-state index contributed by atoms with van der Waals surface area (Å²) >= 11 is 0. The summed E-state index contributed by atoms with van der Waals surface area (Å²) in [6.45, 7) is 0. The van der Waals surface area contributed by atoms with E-state index in [2.05, 4.69) is 25.0 Å². The summed E-state index contributed by atoms with van der Waals surface area (Å²) in [7, 11) is 1.76. The van der Waals surface area contributed by atoms with Crippen molar-refractivity contribution in [3.63, 3.8) is 0 Å². The van der Waals surface area contributed by atoms with Crippen LogP contribution in [0.25, 0.3) is 22.7 Å². The number of aromatic nitrogens is 6. The van der Waals surface area contributed by atoms with Gasteiger partial charge in [-0.1, -0.05) is 0 Å². The molecule has 3 aromatic rings. The van der Waals surface area contributed by atoms with Crippen LogP contribution in [0.5, 0.6) is 0 Å². The summed E-state index contributed by atoms with van der Waals surface area (Å²) < 4.78 is 1.62. The Kier molecular flexibility index (Phi) is 1.79. The molecule has 0 aliphatic heterocycles. The van der Waals surface area contributed by atoms with Gasteiger partial charge in [0.15, 0.2) is 11.5 Å². The van der Waals surface area contributed by atoms with E-state index in [9.17, 15) is 9.59 Å². The number of hydrogen-bond donors (Lipinski definition) is 3. The topological polar surface area (TPSA) is 112 Å². The van der Waals surface area contributed by atoms with Gasteiger partial charge in [-0.25, -0.2) is 9.78 Å². The van der Waals surface area contributed by atoms with Crippen LogP contribution in [0.1, 0.15) is 0 Å². The van der Waals surface area contributed by atoms with Crippen molar-refractivity contribution in [2.75, 3.05) is 0 Å². The molecule has 3 aromatic heterocycles. The van der Waals surface area contributed by atoms with E-state index in [1.165, 1.54) is 0 Å². The number of imidazole rings is 1. The van der Waals surface area contributed by atoms with Crippen molar-refractivity contribution in [1.82, 2.24) is 29.7 Å². The lowest BCUT2D eigenvalue weighted by molar-refractivity contribution is 0.771. The van der Waals surface area contributed by atoms with E-state index in [0.29, 0.717) is 5.82 Å². The fraction of sp³-hybridized carbons (Fsp3) is 0.111. The minimum Gasteiger partial charge on any atom is -0.331 e. The van der Waals surface area contributed by atoms with E-state index in [-0.39, 0.29) is 11.2 Å². The van der Waals surface area contributed by atoms with E-state index in [1.807, 2.05) is 0 Å². The molecule has 17 heavy (non-hydrogen) atoms. The SMILES string of the molecule is Cn1nccc1-c1nc2[nH]c(=O)[nH]c(=O)c2[nH]1. The molecule has 0 fully saturated rings. The van der Waals surface area contributed by atoms with E-state index in [1.54, 1.807) is 24.0 Å². The lowest BCUT2D eigenvalue weighted by atomic mass is 10.4.